The number of β-amino-alcohol motifs (C(OH)–C–C–N with tert-alkyl or cyclic N) is 1. The first kappa shape index (κ1) is 12.8. The average Bonchev–Trinajstić information content (AvgIpc) is 2.57. The smallest absolute Gasteiger partial charge is 0.234 e. The predicted molar refractivity (Wildman–Crippen MR) is 66.7 cm³/mol. The number of aliphatic hydroxyl groups is 1. The van der Waals surface area contributed by atoms with Gasteiger partial charge in [-0.05, 0) is 6.42 Å². The average molecular weight is 253 g/mol. The lowest BCUT2D eigenvalue weighted by atomic mass is 10.3. The van der Waals surface area contributed by atoms with Crippen LogP contribution < -0.4 is 11.1 Å². The van der Waals surface area contributed by atoms with Gasteiger partial charge < -0.3 is 16.2 Å². The highest BCUT2D eigenvalue weighted by molar-refractivity contribution is 5.78. The zero-order chi connectivity index (χ0) is 13.0. The van der Waals surface area contributed by atoms with Crippen molar-refractivity contribution in [1.29, 1.82) is 0 Å². The second-order valence-corrected chi connectivity index (χ2v) is 4.59. The molecule has 1 aliphatic rings. The molecule has 1 unspecified atom stereocenters. The minimum atomic E-state index is -0.560. The molecule has 100 valence electrons. The van der Waals surface area contributed by atoms with E-state index in [4.69, 9.17) is 5.73 Å². The zero-order valence-corrected chi connectivity index (χ0v) is 10.2. The summed E-state index contributed by atoms with van der Waals surface area (Å²) in [6.45, 7) is 2.72. The van der Waals surface area contributed by atoms with Gasteiger partial charge in [0.15, 0.2) is 0 Å². The largest absolute Gasteiger partial charge is 0.396 e. The molecular weight excluding hydrogens is 234 g/mol. The summed E-state index contributed by atoms with van der Waals surface area (Å²) in [6, 6.07) is 0. The summed E-state index contributed by atoms with van der Waals surface area (Å²) in [5.74, 6) is 0.0167. The maximum atomic E-state index is 11.4. The van der Waals surface area contributed by atoms with Crippen molar-refractivity contribution in [2.75, 3.05) is 31.9 Å². The number of anilines is 1. The first-order valence-corrected chi connectivity index (χ1v) is 6.08. The normalized spacial score (nSPS) is 19.3. The van der Waals surface area contributed by atoms with Crippen molar-refractivity contribution >= 4 is 11.6 Å². The summed E-state index contributed by atoms with van der Waals surface area (Å²) in [4.78, 5) is 13.3. The van der Waals surface area contributed by atoms with Gasteiger partial charge in [0.25, 0.3) is 0 Å². The summed E-state index contributed by atoms with van der Waals surface area (Å²) in [5.41, 5.74) is 6.13. The van der Waals surface area contributed by atoms with E-state index in [9.17, 15) is 9.90 Å². The number of nitrogen functional groups attached to an aromatic ring is 1. The molecule has 7 heteroatoms. The monoisotopic (exact) mass is 253 g/mol. The van der Waals surface area contributed by atoms with Crippen molar-refractivity contribution in [3.05, 3.63) is 12.4 Å². The van der Waals surface area contributed by atoms with Crippen molar-refractivity contribution in [2.24, 2.45) is 0 Å². The number of carbonyl (C=O) groups excluding carboxylic acids is 1. The molecule has 0 aromatic carbocycles. The van der Waals surface area contributed by atoms with Crippen molar-refractivity contribution in [2.45, 2.75) is 19.1 Å². The van der Waals surface area contributed by atoms with Gasteiger partial charge in [-0.2, -0.15) is 5.10 Å². The molecule has 1 fully saturated rings. The number of nitrogens with one attached hydrogen (secondary N) is 1. The first-order chi connectivity index (χ1) is 8.63. The van der Waals surface area contributed by atoms with E-state index in [0.29, 0.717) is 31.9 Å². The Kier molecular flexibility index (Phi) is 4.16. The topological polar surface area (TPSA) is 96.4 Å². The highest BCUT2D eigenvalue weighted by Crippen LogP contribution is 2.02. The Labute approximate surface area is 106 Å². The number of rotatable bonds is 4. The summed E-state index contributed by atoms with van der Waals surface area (Å²) in [6.07, 6.45) is 3.58. The second-order valence-electron chi connectivity index (χ2n) is 4.59. The van der Waals surface area contributed by atoms with Crippen molar-refractivity contribution in [1.82, 2.24) is 20.0 Å². The van der Waals surface area contributed by atoms with Gasteiger partial charge in [0, 0.05) is 25.8 Å². The number of nitrogens with zero attached hydrogens (tertiary/aromatic N) is 3. The Hall–Kier alpha value is -1.60. The standard InChI is InChI=1S/C11H19N5O2/c12-9-4-14-16(5-9)7-10(17)6-15-3-1-2-13-11(18)8-15/h4-5,10,17H,1-3,6-8,12H2,(H,13,18). The van der Waals surface area contributed by atoms with Crippen LogP contribution in [0.2, 0.25) is 0 Å². The molecule has 18 heavy (non-hydrogen) atoms. The van der Waals surface area contributed by atoms with Crippen LogP contribution in [0.25, 0.3) is 0 Å². The van der Waals surface area contributed by atoms with Crippen LogP contribution in [0, 0.1) is 0 Å². The van der Waals surface area contributed by atoms with Gasteiger partial charge in [0.05, 0.1) is 31.1 Å². The van der Waals surface area contributed by atoms with E-state index in [-0.39, 0.29) is 5.91 Å². The number of amides is 1. The summed E-state index contributed by atoms with van der Waals surface area (Å²) in [5, 5.41) is 16.8. The molecule has 1 aliphatic heterocycles. The molecule has 2 heterocycles. The SMILES string of the molecule is Nc1cnn(CC(O)CN2CCCNC(=O)C2)c1. The molecule has 1 saturated heterocycles. The molecule has 1 atom stereocenters. The predicted octanol–water partition coefficient (Wildman–Crippen LogP) is -1.35. The molecule has 1 aromatic heterocycles. The summed E-state index contributed by atoms with van der Waals surface area (Å²) in [7, 11) is 0. The number of carbonyl (C=O) groups is 1. The van der Waals surface area contributed by atoms with Gasteiger partial charge in [-0.1, -0.05) is 0 Å². The number of aliphatic hydroxyl groups excluding tert-OH is 1. The third-order valence-electron chi connectivity index (χ3n) is 2.86. The maximum absolute atomic E-state index is 11.4. The Morgan fingerprint density at radius 3 is 3.11 bits per heavy atom. The van der Waals surface area contributed by atoms with Gasteiger partial charge in [0.1, 0.15) is 0 Å². The molecule has 0 saturated carbocycles. The Morgan fingerprint density at radius 2 is 2.39 bits per heavy atom. The molecule has 1 amide bonds. The van der Waals surface area contributed by atoms with Crippen LogP contribution in [0.15, 0.2) is 12.4 Å². The van der Waals surface area contributed by atoms with Crippen LogP contribution >= 0.6 is 0 Å². The summed E-state index contributed by atoms with van der Waals surface area (Å²) < 4.78 is 1.61. The van der Waals surface area contributed by atoms with Crippen LogP contribution in [0.5, 0.6) is 0 Å². The van der Waals surface area contributed by atoms with Crippen LogP contribution in [-0.4, -0.2) is 58.0 Å². The Bertz CT molecular complexity index is 406. The minimum absolute atomic E-state index is 0.0167. The third kappa shape index (κ3) is 3.71. The molecule has 0 radical (unpaired) electrons. The lowest BCUT2D eigenvalue weighted by molar-refractivity contribution is -0.121. The van der Waals surface area contributed by atoms with E-state index in [1.807, 2.05) is 4.90 Å². The number of hydrogen-bond donors (Lipinski definition) is 3. The van der Waals surface area contributed by atoms with Gasteiger partial charge >= 0.3 is 0 Å². The molecule has 7 nitrogen and oxygen atoms in total. The maximum Gasteiger partial charge on any atom is 0.234 e. The Balaban J connectivity index is 1.82. The minimum Gasteiger partial charge on any atom is -0.396 e. The van der Waals surface area contributed by atoms with E-state index < -0.39 is 6.10 Å². The molecular formula is C11H19N5O2. The molecule has 0 aliphatic carbocycles. The fourth-order valence-electron chi connectivity index (χ4n) is 2.08. The molecule has 0 spiro atoms. The highest BCUT2D eigenvalue weighted by atomic mass is 16.3. The van der Waals surface area contributed by atoms with E-state index in [1.165, 1.54) is 0 Å². The van der Waals surface area contributed by atoms with Crippen molar-refractivity contribution < 1.29 is 9.90 Å². The fraction of sp³-hybridized carbons (Fsp3) is 0.636. The molecule has 1 aromatic rings. The van der Waals surface area contributed by atoms with Crippen LogP contribution in [0.3, 0.4) is 0 Å². The number of hydrogen-bond acceptors (Lipinski definition) is 5. The molecule has 4 N–H and O–H groups in total. The second kappa shape index (κ2) is 5.83. The lowest BCUT2D eigenvalue weighted by Gasteiger charge is -2.21. The van der Waals surface area contributed by atoms with Gasteiger partial charge in [-0.25, -0.2) is 0 Å². The van der Waals surface area contributed by atoms with Gasteiger partial charge in [-0.3, -0.25) is 14.4 Å². The molecule has 2 rings (SSSR count). The van der Waals surface area contributed by atoms with E-state index in [0.717, 1.165) is 13.0 Å². The zero-order valence-electron chi connectivity index (χ0n) is 10.2. The van der Waals surface area contributed by atoms with Crippen LogP contribution in [-0.2, 0) is 11.3 Å². The van der Waals surface area contributed by atoms with Crippen LogP contribution in [0.4, 0.5) is 5.69 Å². The van der Waals surface area contributed by atoms with E-state index in [2.05, 4.69) is 10.4 Å². The molecule has 0 bridgehead atoms. The quantitative estimate of drug-likeness (QED) is 0.616. The lowest BCUT2D eigenvalue weighted by Crippen LogP contribution is -2.39. The first-order valence-electron chi connectivity index (χ1n) is 6.08. The van der Waals surface area contributed by atoms with Crippen molar-refractivity contribution in [3.63, 3.8) is 0 Å². The highest BCUT2D eigenvalue weighted by Gasteiger charge is 2.17. The van der Waals surface area contributed by atoms with E-state index >= 15 is 0 Å². The van der Waals surface area contributed by atoms with Crippen LogP contribution in [0.1, 0.15) is 6.42 Å². The van der Waals surface area contributed by atoms with Gasteiger partial charge in [0.2, 0.25) is 5.91 Å². The Morgan fingerprint density at radius 1 is 1.56 bits per heavy atom. The van der Waals surface area contributed by atoms with E-state index in [1.54, 1.807) is 17.1 Å². The number of nitrogens with two attached hydrogens (primary N) is 1. The summed E-state index contributed by atoms with van der Waals surface area (Å²) >= 11 is 0. The number of aromatic nitrogens is 2. The third-order valence-corrected chi connectivity index (χ3v) is 2.86. The van der Waals surface area contributed by atoms with Crippen molar-refractivity contribution in [3.8, 4) is 0 Å². The fourth-order valence-corrected chi connectivity index (χ4v) is 2.08. The van der Waals surface area contributed by atoms with Gasteiger partial charge in [-0.15, -0.1) is 0 Å².